The van der Waals surface area contributed by atoms with E-state index in [1.165, 1.54) is 11.8 Å². The van der Waals surface area contributed by atoms with Crippen molar-refractivity contribution in [3.63, 3.8) is 0 Å². The maximum absolute atomic E-state index is 12.9. The lowest BCUT2D eigenvalue weighted by atomic mass is 10.1. The second kappa shape index (κ2) is 8.12. The highest BCUT2D eigenvalue weighted by atomic mass is 35.5. The van der Waals surface area contributed by atoms with Crippen LogP contribution in [-0.4, -0.2) is 33.6 Å². The van der Waals surface area contributed by atoms with Gasteiger partial charge in [-0.3, -0.25) is 19.0 Å². The van der Waals surface area contributed by atoms with Gasteiger partial charge in [0.05, 0.1) is 22.3 Å². The summed E-state index contributed by atoms with van der Waals surface area (Å²) in [6.07, 6.45) is 0. The smallest absolute Gasteiger partial charge is 0.262 e. The number of amides is 1. The van der Waals surface area contributed by atoms with Crippen molar-refractivity contribution >= 4 is 51.6 Å². The Balaban J connectivity index is 1.62. The Bertz CT molecular complexity index is 1240. The number of anilines is 1. The normalized spacial score (nSPS) is 13.1. The number of aromatic nitrogens is 2. The van der Waals surface area contributed by atoms with Gasteiger partial charge in [-0.1, -0.05) is 23.4 Å². The van der Waals surface area contributed by atoms with Gasteiger partial charge in [0.15, 0.2) is 17.5 Å². The summed E-state index contributed by atoms with van der Waals surface area (Å²) < 4.78 is 6.90. The number of ketones is 1. The molecule has 1 aromatic heterocycles. The number of hydrogen-bond donors (Lipinski definition) is 1. The summed E-state index contributed by atoms with van der Waals surface area (Å²) in [4.78, 5) is 41.8. The molecule has 0 saturated heterocycles. The van der Waals surface area contributed by atoms with Gasteiger partial charge in [-0.2, -0.15) is 0 Å². The lowest BCUT2D eigenvalue weighted by Gasteiger charge is -2.18. The first-order chi connectivity index (χ1) is 14.3. The monoisotopic (exact) mass is 443 g/mol. The molecule has 0 radical (unpaired) electrons. The number of halogens is 1. The highest BCUT2D eigenvalue weighted by Gasteiger charge is 2.19. The Kier molecular flexibility index (Phi) is 5.53. The number of hydrogen-bond acceptors (Lipinski definition) is 6. The molecular weight excluding hydrogens is 426 g/mol. The zero-order chi connectivity index (χ0) is 21.4. The molecule has 1 N–H and O–H groups in total. The molecule has 7 nitrogen and oxygen atoms in total. The molecule has 0 aliphatic carbocycles. The Labute approximate surface area is 181 Å². The fraction of sp³-hybridized carbons (Fsp3) is 0.238. The summed E-state index contributed by atoms with van der Waals surface area (Å²) in [5, 5.41) is 4.11. The average Bonchev–Trinajstić information content (AvgIpc) is 2.70. The first-order valence-electron chi connectivity index (χ1n) is 9.28. The number of benzene rings is 2. The molecule has 0 saturated carbocycles. The van der Waals surface area contributed by atoms with Crippen molar-refractivity contribution in [2.24, 2.45) is 0 Å². The van der Waals surface area contributed by atoms with Crippen LogP contribution in [0.3, 0.4) is 0 Å². The maximum atomic E-state index is 12.9. The molecule has 9 heteroatoms. The molecule has 1 aliphatic rings. The van der Waals surface area contributed by atoms with E-state index in [2.05, 4.69) is 10.3 Å². The van der Waals surface area contributed by atoms with E-state index >= 15 is 0 Å². The van der Waals surface area contributed by atoms with Gasteiger partial charge in [0.2, 0.25) is 0 Å². The van der Waals surface area contributed by atoms with Crippen LogP contribution in [0.25, 0.3) is 10.9 Å². The van der Waals surface area contributed by atoms with Crippen molar-refractivity contribution in [3.05, 3.63) is 57.3 Å². The molecule has 2 aromatic carbocycles. The van der Waals surface area contributed by atoms with Crippen LogP contribution in [0.15, 0.2) is 46.3 Å². The Morgan fingerprint density at radius 1 is 1.27 bits per heavy atom. The van der Waals surface area contributed by atoms with Crippen molar-refractivity contribution in [2.45, 2.75) is 25.0 Å². The molecular formula is C21H18ClN3O4S. The molecule has 30 heavy (non-hydrogen) atoms. The van der Waals surface area contributed by atoms with E-state index < -0.39 is 0 Å². The van der Waals surface area contributed by atoms with E-state index in [-0.39, 0.29) is 35.7 Å². The van der Waals surface area contributed by atoms with Crippen LogP contribution >= 0.6 is 23.4 Å². The topological polar surface area (TPSA) is 90.3 Å². The number of Topliss-reactive ketones (excluding diaryl/α,β-unsaturated/α-hetero) is 1. The highest BCUT2D eigenvalue weighted by Crippen LogP contribution is 2.29. The number of nitrogens with zero attached hydrogens (tertiary/aromatic N) is 2. The second-order valence-corrected chi connectivity index (χ2v) is 8.46. The standard InChI is InChI=1S/C21H18ClN3O4S/c1-11(2)25-20(28)14-5-4-13(22)8-15(14)24-21(25)30-10-17(26)12-3-6-18-16(7-12)23-19(27)9-29-18/h3-8,11H,9-10H2,1-2H3,(H,23,27). The minimum Gasteiger partial charge on any atom is -0.482 e. The van der Waals surface area contributed by atoms with Crippen LogP contribution in [0, 0.1) is 0 Å². The minimum atomic E-state index is -0.263. The van der Waals surface area contributed by atoms with E-state index in [1.807, 2.05) is 13.8 Å². The van der Waals surface area contributed by atoms with Crippen molar-refractivity contribution in [1.82, 2.24) is 9.55 Å². The maximum Gasteiger partial charge on any atom is 0.262 e. The van der Waals surface area contributed by atoms with Gasteiger partial charge < -0.3 is 10.1 Å². The van der Waals surface area contributed by atoms with Gasteiger partial charge >= 0.3 is 0 Å². The fourth-order valence-electron chi connectivity index (χ4n) is 3.18. The molecule has 3 aromatic rings. The first kappa shape index (κ1) is 20.4. The summed E-state index contributed by atoms with van der Waals surface area (Å²) in [5.41, 5.74) is 1.23. The lowest BCUT2D eigenvalue weighted by molar-refractivity contribution is -0.118. The number of ether oxygens (including phenoxy) is 1. The zero-order valence-corrected chi connectivity index (χ0v) is 17.8. The van der Waals surface area contributed by atoms with Crippen LogP contribution in [-0.2, 0) is 4.79 Å². The second-order valence-electron chi connectivity index (χ2n) is 7.08. The van der Waals surface area contributed by atoms with Gasteiger partial charge in [-0.25, -0.2) is 4.98 Å². The summed E-state index contributed by atoms with van der Waals surface area (Å²) in [7, 11) is 0. The van der Waals surface area contributed by atoms with Crippen LogP contribution in [0.1, 0.15) is 30.2 Å². The van der Waals surface area contributed by atoms with Crippen molar-refractivity contribution in [1.29, 1.82) is 0 Å². The Morgan fingerprint density at radius 2 is 2.07 bits per heavy atom. The minimum absolute atomic E-state index is 0.0411. The number of carbonyl (C=O) groups is 2. The Morgan fingerprint density at radius 3 is 2.83 bits per heavy atom. The number of rotatable bonds is 5. The molecule has 0 atom stereocenters. The number of nitrogens with one attached hydrogen (secondary N) is 1. The zero-order valence-electron chi connectivity index (χ0n) is 16.3. The third-order valence-corrected chi connectivity index (χ3v) is 5.80. The van der Waals surface area contributed by atoms with Crippen LogP contribution < -0.4 is 15.6 Å². The van der Waals surface area contributed by atoms with Crippen LogP contribution in [0.5, 0.6) is 5.75 Å². The third-order valence-electron chi connectivity index (χ3n) is 4.61. The molecule has 0 bridgehead atoms. The number of fused-ring (bicyclic) bond motifs is 2. The summed E-state index contributed by atoms with van der Waals surface area (Å²) >= 11 is 7.24. The SMILES string of the molecule is CC(C)n1c(SCC(=O)c2ccc3c(c2)NC(=O)CO3)nc2cc(Cl)ccc2c1=O. The Hall–Kier alpha value is -2.84. The highest BCUT2D eigenvalue weighted by molar-refractivity contribution is 7.99. The van der Waals surface area contributed by atoms with E-state index in [0.717, 1.165) is 0 Å². The van der Waals surface area contributed by atoms with Crippen LogP contribution in [0.2, 0.25) is 5.02 Å². The predicted molar refractivity (Wildman–Crippen MR) is 117 cm³/mol. The van der Waals surface area contributed by atoms with Gasteiger partial charge in [0.1, 0.15) is 5.75 Å². The van der Waals surface area contributed by atoms with Gasteiger partial charge in [0, 0.05) is 16.6 Å². The lowest BCUT2D eigenvalue weighted by Crippen LogP contribution is -2.26. The van der Waals surface area contributed by atoms with E-state index in [1.54, 1.807) is 41.0 Å². The van der Waals surface area contributed by atoms with Gasteiger partial charge in [-0.15, -0.1) is 0 Å². The molecule has 1 amide bonds. The van der Waals surface area contributed by atoms with E-state index in [4.69, 9.17) is 16.3 Å². The molecule has 0 unspecified atom stereocenters. The van der Waals surface area contributed by atoms with E-state index in [9.17, 15) is 14.4 Å². The molecule has 0 spiro atoms. The molecule has 1 aliphatic heterocycles. The molecule has 0 fully saturated rings. The largest absolute Gasteiger partial charge is 0.482 e. The van der Waals surface area contributed by atoms with E-state index in [0.29, 0.717) is 38.1 Å². The van der Waals surface area contributed by atoms with Gasteiger partial charge in [0.25, 0.3) is 11.5 Å². The third kappa shape index (κ3) is 3.93. The van der Waals surface area contributed by atoms with Crippen LogP contribution in [0.4, 0.5) is 5.69 Å². The summed E-state index contributed by atoms with van der Waals surface area (Å²) in [6.45, 7) is 3.74. The molecule has 4 rings (SSSR count). The summed E-state index contributed by atoms with van der Waals surface area (Å²) in [5.74, 6) is 0.194. The van der Waals surface area contributed by atoms with Gasteiger partial charge in [-0.05, 0) is 50.2 Å². The van der Waals surface area contributed by atoms with Crippen molar-refractivity contribution in [2.75, 3.05) is 17.7 Å². The number of carbonyl (C=O) groups excluding carboxylic acids is 2. The van der Waals surface area contributed by atoms with Crippen molar-refractivity contribution < 1.29 is 14.3 Å². The molecule has 2 heterocycles. The summed E-state index contributed by atoms with van der Waals surface area (Å²) in [6, 6.07) is 9.75. The number of thioether (sulfide) groups is 1. The first-order valence-corrected chi connectivity index (χ1v) is 10.6. The predicted octanol–water partition coefficient (Wildman–Crippen LogP) is 3.94. The molecule has 154 valence electrons. The fourth-order valence-corrected chi connectivity index (χ4v) is 4.37. The quantitative estimate of drug-likeness (QED) is 0.365. The van der Waals surface area contributed by atoms with Crippen molar-refractivity contribution in [3.8, 4) is 5.75 Å². The average molecular weight is 444 g/mol.